The van der Waals surface area contributed by atoms with E-state index in [2.05, 4.69) is 26.3 Å². The standard InChI is InChI=1S/C16H19N5OS/c1-11-2-3-16(22)21(19-11)9-12-7-20(8-12)15-6-13-10-23-5-4-14(13)17-18-15/h2-3,6,12H,4-5,7-10H2,1H3. The molecular weight excluding hydrogens is 310 g/mol. The topological polar surface area (TPSA) is 63.9 Å². The van der Waals surface area contributed by atoms with Crippen molar-refractivity contribution in [3.63, 3.8) is 0 Å². The molecule has 0 unspecified atom stereocenters. The Morgan fingerprint density at radius 2 is 2.17 bits per heavy atom. The van der Waals surface area contributed by atoms with Crippen LogP contribution in [0.25, 0.3) is 0 Å². The minimum atomic E-state index is -0.0281. The van der Waals surface area contributed by atoms with Crippen LogP contribution in [0.5, 0.6) is 0 Å². The number of fused-ring (bicyclic) bond motifs is 1. The van der Waals surface area contributed by atoms with E-state index in [-0.39, 0.29) is 5.56 Å². The number of rotatable bonds is 3. The molecule has 0 amide bonds. The van der Waals surface area contributed by atoms with Crippen LogP contribution in [0.1, 0.15) is 17.0 Å². The lowest BCUT2D eigenvalue weighted by Gasteiger charge is -2.40. The van der Waals surface area contributed by atoms with Crippen molar-refractivity contribution in [3.05, 3.63) is 45.5 Å². The van der Waals surface area contributed by atoms with Gasteiger partial charge in [0.25, 0.3) is 5.56 Å². The Kier molecular flexibility index (Phi) is 3.80. The van der Waals surface area contributed by atoms with Crippen LogP contribution in [0.2, 0.25) is 0 Å². The summed E-state index contributed by atoms with van der Waals surface area (Å²) < 4.78 is 1.58. The second-order valence-electron chi connectivity index (χ2n) is 6.24. The van der Waals surface area contributed by atoms with Crippen molar-refractivity contribution in [2.75, 3.05) is 23.7 Å². The molecule has 4 heterocycles. The highest BCUT2D eigenvalue weighted by Crippen LogP contribution is 2.28. The minimum Gasteiger partial charge on any atom is -0.354 e. The fourth-order valence-electron chi connectivity index (χ4n) is 3.08. The molecule has 120 valence electrons. The van der Waals surface area contributed by atoms with Gasteiger partial charge in [-0.25, -0.2) is 4.68 Å². The first kappa shape index (κ1) is 14.7. The lowest BCUT2D eigenvalue weighted by molar-refractivity contribution is 0.331. The van der Waals surface area contributed by atoms with Gasteiger partial charge in [-0.05, 0) is 30.4 Å². The maximum Gasteiger partial charge on any atom is 0.266 e. The quantitative estimate of drug-likeness (QED) is 0.845. The van der Waals surface area contributed by atoms with Crippen molar-refractivity contribution in [2.24, 2.45) is 5.92 Å². The number of aromatic nitrogens is 4. The first-order valence-electron chi connectivity index (χ1n) is 7.92. The van der Waals surface area contributed by atoms with Crippen LogP contribution in [0.3, 0.4) is 0 Å². The third-order valence-electron chi connectivity index (χ3n) is 4.40. The molecule has 6 nitrogen and oxygen atoms in total. The molecule has 1 fully saturated rings. The SMILES string of the molecule is Cc1ccc(=O)n(CC2CN(c3cc4c(nn3)CCSC4)C2)n1. The molecular formula is C16H19N5OS. The molecule has 2 aliphatic heterocycles. The number of hydrogen-bond donors (Lipinski definition) is 0. The van der Waals surface area contributed by atoms with Crippen LogP contribution in [-0.2, 0) is 18.7 Å². The van der Waals surface area contributed by atoms with E-state index in [1.165, 1.54) is 5.56 Å². The molecule has 1 saturated heterocycles. The van der Waals surface area contributed by atoms with Gasteiger partial charge in [-0.1, -0.05) is 0 Å². The molecule has 0 N–H and O–H groups in total. The van der Waals surface area contributed by atoms with Gasteiger partial charge in [0.15, 0.2) is 5.82 Å². The Hall–Kier alpha value is -1.89. The monoisotopic (exact) mass is 329 g/mol. The van der Waals surface area contributed by atoms with E-state index in [4.69, 9.17) is 0 Å². The van der Waals surface area contributed by atoms with Gasteiger partial charge in [0.05, 0.1) is 17.9 Å². The second kappa shape index (κ2) is 5.96. The zero-order chi connectivity index (χ0) is 15.8. The summed E-state index contributed by atoms with van der Waals surface area (Å²) >= 11 is 1.96. The van der Waals surface area contributed by atoms with Crippen LogP contribution in [0.15, 0.2) is 23.0 Å². The summed E-state index contributed by atoms with van der Waals surface area (Å²) in [5.41, 5.74) is 3.32. The molecule has 0 bridgehead atoms. The van der Waals surface area contributed by atoms with Gasteiger partial charge in [-0.2, -0.15) is 22.0 Å². The van der Waals surface area contributed by atoms with Crippen molar-refractivity contribution in [1.29, 1.82) is 0 Å². The van der Waals surface area contributed by atoms with Crippen LogP contribution in [-0.4, -0.2) is 38.8 Å². The lowest BCUT2D eigenvalue weighted by atomic mass is 10.00. The summed E-state index contributed by atoms with van der Waals surface area (Å²) in [5, 5.41) is 13.1. The van der Waals surface area contributed by atoms with Crippen molar-refractivity contribution in [1.82, 2.24) is 20.0 Å². The largest absolute Gasteiger partial charge is 0.354 e. The van der Waals surface area contributed by atoms with Crippen LogP contribution >= 0.6 is 11.8 Å². The first-order valence-corrected chi connectivity index (χ1v) is 9.07. The maximum absolute atomic E-state index is 11.8. The minimum absolute atomic E-state index is 0.0281. The molecule has 7 heteroatoms. The van der Waals surface area contributed by atoms with Gasteiger partial charge in [0, 0.05) is 37.2 Å². The molecule has 0 atom stereocenters. The highest BCUT2D eigenvalue weighted by atomic mass is 32.2. The first-order chi connectivity index (χ1) is 11.2. The highest BCUT2D eigenvalue weighted by Gasteiger charge is 2.29. The molecule has 0 saturated carbocycles. The van der Waals surface area contributed by atoms with Crippen molar-refractivity contribution in [2.45, 2.75) is 25.6 Å². The van der Waals surface area contributed by atoms with Crippen LogP contribution < -0.4 is 10.5 Å². The van der Waals surface area contributed by atoms with E-state index in [1.807, 2.05) is 18.7 Å². The molecule has 2 aromatic heterocycles. The third kappa shape index (κ3) is 2.97. The molecule has 0 spiro atoms. The molecule has 0 aliphatic carbocycles. The normalized spacial score (nSPS) is 17.7. The number of anilines is 1. The Bertz CT molecular complexity index is 784. The Balaban J connectivity index is 1.41. The fourth-order valence-corrected chi connectivity index (χ4v) is 4.04. The van der Waals surface area contributed by atoms with E-state index in [0.29, 0.717) is 12.5 Å². The Labute approximate surface area is 138 Å². The fraction of sp³-hybridized carbons (Fsp3) is 0.500. The smallest absolute Gasteiger partial charge is 0.266 e. The van der Waals surface area contributed by atoms with Gasteiger partial charge in [0.2, 0.25) is 0 Å². The van der Waals surface area contributed by atoms with Crippen molar-refractivity contribution in [3.8, 4) is 0 Å². The Morgan fingerprint density at radius 3 is 3.04 bits per heavy atom. The number of nitrogens with zero attached hydrogens (tertiary/aromatic N) is 5. The molecule has 2 aromatic rings. The summed E-state index contributed by atoms with van der Waals surface area (Å²) in [6, 6.07) is 5.53. The molecule has 0 aromatic carbocycles. The summed E-state index contributed by atoms with van der Waals surface area (Å²) in [6.07, 6.45) is 1.03. The van der Waals surface area contributed by atoms with Gasteiger partial charge >= 0.3 is 0 Å². The predicted molar refractivity (Wildman–Crippen MR) is 90.8 cm³/mol. The summed E-state index contributed by atoms with van der Waals surface area (Å²) in [6.45, 7) is 4.39. The average Bonchev–Trinajstić information content (AvgIpc) is 2.53. The van der Waals surface area contributed by atoms with Crippen molar-refractivity contribution >= 4 is 17.6 Å². The van der Waals surface area contributed by atoms with Crippen molar-refractivity contribution < 1.29 is 0 Å². The van der Waals surface area contributed by atoms with Gasteiger partial charge in [-0.3, -0.25) is 4.79 Å². The highest BCUT2D eigenvalue weighted by molar-refractivity contribution is 7.98. The zero-order valence-corrected chi connectivity index (χ0v) is 13.9. The molecule has 23 heavy (non-hydrogen) atoms. The molecule has 4 rings (SSSR count). The average molecular weight is 329 g/mol. The van der Waals surface area contributed by atoms with Crippen LogP contribution in [0, 0.1) is 12.8 Å². The maximum atomic E-state index is 11.8. The third-order valence-corrected chi connectivity index (χ3v) is 5.41. The zero-order valence-electron chi connectivity index (χ0n) is 13.1. The van der Waals surface area contributed by atoms with E-state index >= 15 is 0 Å². The summed E-state index contributed by atoms with van der Waals surface area (Å²) in [7, 11) is 0. The Morgan fingerprint density at radius 1 is 1.30 bits per heavy atom. The summed E-state index contributed by atoms with van der Waals surface area (Å²) in [5.74, 6) is 3.59. The number of aryl methyl sites for hydroxylation is 2. The molecule has 2 aliphatic rings. The van der Waals surface area contributed by atoms with Gasteiger partial charge < -0.3 is 4.90 Å². The summed E-state index contributed by atoms with van der Waals surface area (Å²) in [4.78, 5) is 14.1. The lowest BCUT2D eigenvalue weighted by Crippen LogP contribution is -2.50. The number of thioether (sulfide) groups is 1. The predicted octanol–water partition coefficient (Wildman–Crippen LogP) is 1.27. The van der Waals surface area contributed by atoms with E-state index in [9.17, 15) is 4.79 Å². The van der Waals surface area contributed by atoms with Gasteiger partial charge in [0.1, 0.15) is 0 Å². The second-order valence-corrected chi connectivity index (χ2v) is 7.35. The number of hydrogen-bond acceptors (Lipinski definition) is 6. The van der Waals surface area contributed by atoms with E-state index < -0.39 is 0 Å². The van der Waals surface area contributed by atoms with Crippen LogP contribution in [0.4, 0.5) is 5.82 Å². The molecule has 0 radical (unpaired) electrons. The van der Waals surface area contributed by atoms with E-state index in [0.717, 1.165) is 48.2 Å². The van der Waals surface area contributed by atoms with Gasteiger partial charge in [-0.15, -0.1) is 5.10 Å². The van der Waals surface area contributed by atoms with E-state index in [1.54, 1.807) is 16.8 Å².